The van der Waals surface area contributed by atoms with Crippen molar-refractivity contribution in [3.05, 3.63) is 59.9 Å². The van der Waals surface area contributed by atoms with Gasteiger partial charge in [0.05, 0.1) is 11.5 Å². The molecule has 1 aromatic heterocycles. The molecule has 1 fully saturated rings. The number of carbonyl (C=O) groups is 2. The highest BCUT2D eigenvalue weighted by Crippen LogP contribution is 2.20. The molecule has 1 atom stereocenters. The van der Waals surface area contributed by atoms with Crippen LogP contribution < -0.4 is 0 Å². The lowest BCUT2D eigenvalue weighted by atomic mass is 10.1. The van der Waals surface area contributed by atoms with Crippen molar-refractivity contribution in [2.75, 3.05) is 18.1 Å². The van der Waals surface area contributed by atoms with Gasteiger partial charge in [0.25, 0.3) is 5.91 Å². The number of hydrogen-bond donors (Lipinski definition) is 0. The van der Waals surface area contributed by atoms with Gasteiger partial charge in [0.15, 0.2) is 16.4 Å². The van der Waals surface area contributed by atoms with Crippen molar-refractivity contribution < 1.29 is 22.7 Å². The van der Waals surface area contributed by atoms with Crippen LogP contribution in [0.5, 0.6) is 0 Å². The van der Waals surface area contributed by atoms with Crippen LogP contribution in [0.3, 0.4) is 0 Å². The monoisotopic (exact) mass is 390 g/mol. The van der Waals surface area contributed by atoms with E-state index in [4.69, 9.17) is 4.74 Å². The summed E-state index contributed by atoms with van der Waals surface area (Å²) in [6, 6.07) is 12.3. The normalized spacial score (nSPS) is 18.2. The molecule has 2 aromatic rings. The third kappa shape index (κ3) is 4.77. The summed E-state index contributed by atoms with van der Waals surface area (Å²) in [5, 5.41) is 0. The number of aryl methyl sites for hydroxylation is 1. The first-order valence-corrected chi connectivity index (χ1v) is 10.5. The lowest BCUT2D eigenvalue weighted by Gasteiger charge is -2.28. The number of rotatable bonds is 6. The Balaban J connectivity index is 1.70. The minimum Gasteiger partial charge on any atom is -0.451 e. The van der Waals surface area contributed by atoms with Gasteiger partial charge in [-0.05, 0) is 24.1 Å². The maximum atomic E-state index is 12.8. The van der Waals surface area contributed by atoms with Crippen LogP contribution in [0.2, 0.25) is 0 Å². The average molecular weight is 390 g/mol. The molecule has 0 aliphatic carbocycles. The number of amides is 1. The number of benzene rings is 1. The third-order valence-electron chi connectivity index (χ3n) is 4.64. The molecule has 3 rings (SSSR count). The molecule has 2 heterocycles. The number of esters is 1. The maximum absolute atomic E-state index is 12.8. The lowest BCUT2D eigenvalue weighted by molar-refractivity contribution is -0.137. The predicted octanol–water partition coefficient (Wildman–Crippen LogP) is 1.40. The largest absolute Gasteiger partial charge is 0.451 e. The summed E-state index contributed by atoms with van der Waals surface area (Å²) in [6.45, 7) is -0.144. The number of aromatic nitrogens is 1. The first kappa shape index (κ1) is 19.2. The van der Waals surface area contributed by atoms with Crippen LogP contribution in [0.25, 0.3) is 0 Å². The van der Waals surface area contributed by atoms with E-state index in [0.29, 0.717) is 12.1 Å². The third-order valence-corrected chi connectivity index (χ3v) is 6.40. The van der Waals surface area contributed by atoms with Gasteiger partial charge in [0.1, 0.15) is 5.69 Å². The van der Waals surface area contributed by atoms with Gasteiger partial charge in [-0.2, -0.15) is 0 Å². The van der Waals surface area contributed by atoms with E-state index in [-0.39, 0.29) is 18.1 Å². The second kappa shape index (κ2) is 7.96. The fourth-order valence-corrected chi connectivity index (χ4v) is 4.91. The second-order valence-corrected chi connectivity index (χ2v) is 8.87. The van der Waals surface area contributed by atoms with Crippen molar-refractivity contribution in [3.63, 3.8) is 0 Å². The minimum atomic E-state index is -3.14. The van der Waals surface area contributed by atoms with Gasteiger partial charge in [-0.3, -0.25) is 4.79 Å². The fraction of sp³-hybridized carbons (Fsp3) is 0.368. The van der Waals surface area contributed by atoms with Crippen LogP contribution >= 0.6 is 0 Å². The molecule has 0 saturated carbocycles. The molecular formula is C19H22N2O5S. The van der Waals surface area contributed by atoms with Gasteiger partial charge in [-0.1, -0.05) is 30.3 Å². The predicted molar refractivity (Wildman–Crippen MR) is 99.7 cm³/mol. The topological polar surface area (TPSA) is 85.7 Å². The van der Waals surface area contributed by atoms with Crippen molar-refractivity contribution in [3.8, 4) is 0 Å². The van der Waals surface area contributed by atoms with Crippen molar-refractivity contribution in [1.29, 1.82) is 0 Å². The quantitative estimate of drug-likeness (QED) is 0.696. The molecule has 1 aromatic carbocycles. The van der Waals surface area contributed by atoms with Crippen LogP contribution in [-0.4, -0.2) is 53.9 Å². The van der Waals surface area contributed by atoms with Crippen LogP contribution in [0.4, 0.5) is 0 Å². The van der Waals surface area contributed by atoms with E-state index in [0.717, 1.165) is 5.56 Å². The molecule has 1 saturated heterocycles. The van der Waals surface area contributed by atoms with Crippen molar-refractivity contribution >= 4 is 21.7 Å². The average Bonchev–Trinajstić information content (AvgIpc) is 3.23. The number of carbonyl (C=O) groups excluding carboxylic acids is 2. The van der Waals surface area contributed by atoms with Gasteiger partial charge < -0.3 is 14.2 Å². The summed E-state index contributed by atoms with van der Waals surface area (Å²) in [5.41, 5.74) is 1.24. The Labute approximate surface area is 158 Å². The zero-order valence-corrected chi connectivity index (χ0v) is 15.9. The van der Waals surface area contributed by atoms with E-state index < -0.39 is 34.4 Å². The highest BCUT2D eigenvalue weighted by molar-refractivity contribution is 7.91. The molecule has 0 unspecified atom stereocenters. The number of hydrogen-bond acceptors (Lipinski definition) is 5. The smallest absolute Gasteiger partial charge is 0.355 e. The Hall–Kier alpha value is -2.61. The van der Waals surface area contributed by atoms with E-state index in [2.05, 4.69) is 0 Å². The Kier molecular flexibility index (Phi) is 5.65. The molecule has 0 N–H and O–H groups in total. The van der Waals surface area contributed by atoms with Crippen LogP contribution in [-0.2, 0) is 33.0 Å². The van der Waals surface area contributed by atoms with Gasteiger partial charge in [-0.25, -0.2) is 13.2 Å². The molecule has 1 aliphatic heterocycles. The van der Waals surface area contributed by atoms with Crippen LogP contribution in [0, 0.1) is 0 Å². The SMILES string of the molecule is Cn1cccc1C(=O)OCC(=O)N(Cc1ccccc1)[C@H]1CCS(=O)(=O)C1. The van der Waals surface area contributed by atoms with Crippen LogP contribution in [0.15, 0.2) is 48.7 Å². The Morgan fingerprint density at radius 1 is 1.19 bits per heavy atom. The number of sulfone groups is 1. The van der Waals surface area contributed by atoms with E-state index in [1.54, 1.807) is 29.9 Å². The van der Waals surface area contributed by atoms with Crippen LogP contribution in [0.1, 0.15) is 22.5 Å². The zero-order valence-electron chi connectivity index (χ0n) is 15.1. The van der Waals surface area contributed by atoms with Gasteiger partial charge in [0, 0.05) is 25.8 Å². The zero-order chi connectivity index (χ0) is 19.4. The molecule has 0 radical (unpaired) electrons. The van der Waals surface area contributed by atoms with E-state index in [1.807, 2.05) is 30.3 Å². The molecular weight excluding hydrogens is 368 g/mol. The molecule has 0 bridgehead atoms. The van der Waals surface area contributed by atoms with E-state index in [9.17, 15) is 18.0 Å². The van der Waals surface area contributed by atoms with E-state index >= 15 is 0 Å². The summed E-state index contributed by atoms with van der Waals surface area (Å²) >= 11 is 0. The summed E-state index contributed by atoms with van der Waals surface area (Å²) < 4.78 is 30.5. The summed E-state index contributed by atoms with van der Waals surface area (Å²) in [6.07, 6.45) is 2.11. The molecule has 8 heteroatoms. The second-order valence-electron chi connectivity index (χ2n) is 6.64. The Bertz CT molecular complexity index is 921. The molecule has 1 amide bonds. The van der Waals surface area contributed by atoms with Crippen molar-refractivity contribution in [1.82, 2.24) is 9.47 Å². The Morgan fingerprint density at radius 2 is 1.93 bits per heavy atom. The minimum absolute atomic E-state index is 0.0582. The van der Waals surface area contributed by atoms with Crippen molar-refractivity contribution in [2.24, 2.45) is 7.05 Å². The highest BCUT2D eigenvalue weighted by atomic mass is 32.2. The standard InChI is InChI=1S/C19H22N2O5S/c1-20-10-5-8-17(20)19(23)26-13-18(22)21(12-15-6-3-2-4-7-15)16-9-11-27(24,25)14-16/h2-8,10,16H,9,11-14H2,1H3/t16-/m0/s1. The number of ether oxygens (including phenoxy) is 1. The lowest BCUT2D eigenvalue weighted by Crippen LogP contribution is -2.42. The maximum Gasteiger partial charge on any atom is 0.355 e. The molecule has 7 nitrogen and oxygen atoms in total. The first-order chi connectivity index (χ1) is 12.9. The molecule has 144 valence electrons. The van der Waals surface area contributed by atoms with Crippen molar-refractivity contribution in [2.45, 2.75) is 19.0 Å². The fourth-order valence-electron chi connectivity index (χ4n) is 3.18. The Morgan fingerprint density at radius 3 is 2.52 bits per heavy atom. The van der Waals surface area contributed by atoms with E-state index in [1.165, 1.54) is 4.90 Å². The summed E-state index contributed by atoms with van der Waals surface area (Å²) in [4.78, 5) is 26.4. The highest BCUT2D eigenvalue weighted by Gasteiger charge is 2.35. The van der Waals surface area contributed by atoms with Gasteiger partial charge in [0.2, 0.25) is 0 Å². The molecule has 0 spiro atoms. The number of nitrogens with zero attached hydrogens (tertiary/aromatic N) is 2. The summed E-state index contributed by atoms with van der Waals surface area (Å²) in [7, 11) is -1.43. The van der Waals surface area contributed by atoms with Gasteiger partial charge >= 0.3 is 5.97 Å². The molecule has 27 heavy (non-hydrogen) atoms. The van der Waals surface area contributed by atoms with Gasteiger partial charge in [-0.15, -0.1) is 0 Å². The first-order valence-electron chi connectivity index (χ1n) is 8.68. The molecule has 1 aliphatic rings. The summed E-state index contributed by atoms with van der Waals surface area (Å²) in [5.74, 6) is -0.977.